The van der Waals surface area contributed by atoms with E-state index < -0.39 is 12.0 Å². The first-order valence-electron chi connectivity index (χ1n) is 8.89. The minimum Gasteiger partial charge on any atom is -0.480 e. The number of anilines is 1. The summed E-state index contributed by atoms with van der Waals surface area (Å²) in [6.45, 7) is 2.86. The number of nitrogens with one attached hydrogen (secondary N) is 1. The monoisotopic (exact) mass is 429 g/mol. The van der Waals surface area contributed by atoms with Gasteiger partial charge in [0.25, 0.3) is 0 Å². The van der Waals surface area contributed by atoms with Crippen molar-refractivity contribution < 1.29 is 9.90 Å². The van der Waals surface area contributed by atoms with Crippen molar-refractivity contribution in [2.75, 3.05) is 31.1 Å². The normalized spacial score (nSPS) is 17.0. The highest BCUT2D eigenvalue weighted by molar-refractivity contribution is 9.10. The van der Waals surface area contributed by atoms with E-state index in [9.17, 15) is 9.90 Å². The second-order valence-corrected chi connectivity index (χ2v) is 7.52. The first-order valence-corrected chi connectivity index (χ1v) is 9.68. The standard InChI is InChI=1S/C19H20BrN5O2/c20-13-3-4-14-15(12-23-16(14)11-13)17(18(26)27)24-7-2-8-25(10-9-24)19-21-5-1-6-22-19/h1,3-6,11-12,17,23H,2,7-10H2,(H,26,27)/t17-/m1/s1. The number of nitrogens with zero attached hydrogens (tertiary/aromatic N) is 4. The van der Waals surface area contributed by atoms with Gasteiger partial charge >= 0.3 is 5.97 Å². The molecular weight excluding hydrogens is 410 g/mol. The number of rotatable bonds is 4. The molecule has 0 amide bonds. The summed E-state index contributed by atoms with van der Waals surface area (Å²) >= 11 is 3.46. The van der Waals surface area contributed by atoms with Crippen molar-refractivity contribution in [3.8, 4) is 0 Å². The maximum Gasteiger partial charge on any atom is 0.325 e. The number of aromatic amines is 1. The number of hydrogen-bond donors (Lipinski definition) is 2. The highest BCUT2D eigenvalue weighted by Gasteiger charge is 2.31. The molecule has 3 heterocycles. The molecule has 8 heteroatoms. The van der Waals surface area contributed by atoms with Crippen molar-refractivity contribution in [2.45, 2.75) is 12.5 Å². The topological polar surface area (TPSA) is 85.4 Å². The molecule has 1 aliphatic rings. The van der Waals surface area contributed by atoms with Crippen molar-refractivity contribution in [1.29, 1.82) is 0 Å². The third-order valence-electron chi connectivity index (χ3n) is 4.93. The van der Waals surface area contributed by atoms with Gasteiger partial charge in [-0.25, -0.2) is 9.97 Å². The molecule has 1 aliphatic heterocycles. The Hall–Kier alpha value is -2.45. The molecule has 3 aromatic rings. The highest BCUT2D eigenvalue weighted by atomic mass is 79.9. The van der Waals surface area contributed by atoms with E-state index in [0.29, 0.717) is 25.6 Å². The van der Waals surface area contributed by atoms with E-state index >= 15 is 0 Å². The average Bonchev–Trinajstić information content (AvgIpc) is 2.91. The predicted molar refractivity (Wildman–Crippen MR) is 107 cm³/mol. The summed E-state index contributed by atoms with van der Waals surface area (Å²) in [7, 11) is 0. The van der Waals surface area contributed by atoms with Crippen LogP contribution in [0.5, 0.6) is 0 Å². The smallest absolute Gasteiger partial charge is 0.325 e. The van der Waals surface area contributed by atoms with E-state index in [1.165, 1.54) is 0 Å². The van der Waals surface area contributed by atoms with Crippen LogP contribution in [0.25, 0.3) is 10.9 Å². The van der Waals surface area contributed by atoms with Crippen LogP contribution in [0.2, 0.25) is 0 Å². The Balaban J connectivity index is 1.60. The third kappa shape index (κ3) is 3.68. The maximum atomic E-state index is 12.2. The van der Waals surface area contributed by atoms with Crippen LogP contribution in [0.3, 0.4) is 0 Å². The molecule has 27 heavy (non-hydrogen) atoms. The van der Waals surface area contributed by atoms with Gasteiger partial charge in [-0.05, 0) is 24.6 Å². The van der Waals surface area contributed by atoms with Gasteiger partial charge in [-0.1, -0.05) is 22.0 Å². The molecule has 4 rings (SSSR count). The average molecular weight is 430 g/mol. The van der Waals surface area contributed by atoms with Crippen molar-refractivity contribution in [3.63, 3.8) is 0 Å². The van der Waals surface area contributed by atoms with E-state index in [-0.39, 0.29) is 0 Å². The lowest BCUT2D eigenvalue weighted by Crippen LogP contribution is -2.37. The molecule has 1 saturated heterocycles. The number of carboxylic acids is 1. The molecule has 0 radical (unpaired) electrons. The van der Waals surface area contributed by atoms with Crippen molar-refractivity contribution in [3.05, 3.63) is 52.9 Å². The number of H-pyrrole nitrogens is 1. The van der Waals surface area contributed by atoms with E-state index in [0.717, 1.165) is 33.9 Å². The SMILES string of the molecule is O=C(O)[C@@H](c1c[nH]c2cc(Br)ccc12)N1CCCN(c2ncccn2)CC1. The zero-order valence-electron chi connectivity index (χ0n) is 14.7. The molecule has 0 unspecified atom stereocenters. The van der Waals surface area contributed by atoms with Gasteiger partial charge in [0, 0.05) is 65.7 Å². The largest absolute Gasteiger partial charge is 0.480 e. The number of halogens is 1. The van der Waals surface area contributed by atoms with Crippen molar-refractivity contribution in [1.82, 2.24) is 19.9 Å². The van der Waals surface area contributed by atoms with Crippen LogP contribution in [-0.4, -0.2) is 57.1 Å². The second-order valence-electron chi connectivity index (χ2n) is 6.60. The van der Waals surface area contributed by atoms with Crippen LogP contribution >= 0.6 is 15.9 Å². The summed E-state index contributed by atoms with van der Waals surface area (Å²) in [5.74, 6) is -0.133. The van der Waals surface area contributed by atoms with Gasteiger partial charge in [0.15, 0.2) is 0 Å². The van der Waals surface area contributed by atoms with Crippen LogP contribution in [0.4, 0.5) is 5.95 Å². The molecule has 1 aromatic carbocycles. The Morgan fingerprint density at radius 2 is 2.00 bits per heavy atom. The molecule has 1 atom stereocenters. The fourth-order valence-electron chi connectivity index (χ4n) is 3.68. The molecule has 140 valence electrons. The number of carbonyl (C=O) groups is 1. The molecule has 1 fully saturated rings. The summed E-state index contributed by atoms with van der Waals surface area (Å²) in [5.41, 5.74) is 1.73. The van der Waals surface area contributed by atoms with E-state index in [4.69, 9.17) is 0 Å². The first kappa shape index (κ1) is 17.9. The van der Waals surface area contributed by atoms with Crippen LogP contribution in [-0.2, 0) is 4.79 Å². The Morgan fingerprint density at radius 3 is 2.78 bits per heavy atom. The number of hydrogen-bond acceptors (Lipinski definition) is 5. The number of aliphatic carboxylic acids is 1. The Kier molecular flexibility index (Phi) is 5.09. The molecule has 2 aromatic heterocycles. The molecule has 2 N–H and O–H groups in total. The summed E-state index contributed by atoms with van der Waals surface area (Å²) in [6.07, 6.45) is 6.14. The van der Waals surface area contributed by atoms with Gasteiger partial charge in [0.05, 0.1) is 0 Å². The second kappa shape index (κ2) is 7.66. The van der Waals surface area contributed by atoms with E-state index in [2.05, 4.69) is 35.8 Å². The lowest BCUT2D eigenvalue weighted by molar-refractivity contribution is -0.143. The quantitative estimate of drug-likeness (QED) is 0.662. The van der Waals surface area contributed by atoms with Gasteiger partial charge < -0.3 is 15.0 Å². The number of fused-ring (bicyclic) bond motifs is 1. The van der Waals surface area contributed by atoms with Crippen LogP contribution in [0.15, 0.2) is 47.3 Å². The fraction of sp³-hybridized carbons (Fsp3) is 0.316. The van der Waals surface area contributed by atoms with Crippen LogP contribution in [0.1, 0.15) is 18.0 Å². The van der Waals surface area contributed by atoms with Crippen LogP contribution in [0, 0.1) is 0 Å². The Bertz CT molecular complexity index is 946. The lowest BCUT2D eigenvalue weighted by atomic mass is 10.0. The number of carboxylic acid groups (broad SMARTS) is 1. The lowest BCUT2D eigenvalue weighted by Gasteiger charge is -2.27. The predicted octanol–water partition coefficient (Wildman–Crippen LogP) is 3.06. The summed E-state index contributed by atoms with van der Waals surface area (Å²) in [6, 6.07) is 6.98. The minimum absolute atomic E-state index is 0.637. The molecule has 0 bridgehead atoms. The molecule has 0 saturated carbocycles. The van der Waals surface area contributed by atoms with Gasteiger partial charge in [-0.15, -0.1) is 0 Å². The maximum absolute atomic E-state index is 12.2. The zero-order chi connectivity index (χ0) is 18.8. The molecule has 0 aliphatic carbocycles. The Labute approximate surface area is 165 Å². The summed E-state index contributed by atoms with van der Waals surface area (Å²) in [5, 5.41) is 10.9. The molecule has 7 nitrogen and oxygen atoms in total. The minimum atomic E-state index is -0.830. The van der Waals surface area contributed by atoms with Crippen molar-refractivity contribution in [2.24, 2.45) is 0 Å². The summed E-state index contributed by atoms with van der Waals surface area (Å²) in [4.78, 5) is 28.2. The molecular formula is C19H20BrN5O2. The number of aromatic nitrogens is 3. The van der Waals surface area contributed by atoms with Gasteiger partial charge in [-0.3, -0.25) is 9.69 Å². The van der Waals surface area contributed by atoms with Crippen LogP contribution < -0.4 is 4.90 Å². The third-order valence-corrected chi connectivity index (χ3v) is 5.43. The van der Waals surface area contributed by atoms with Crippen molar-refractivity contribution >= 4 is 38.8 Å². The summed E-state index contributed by atoms with van der Waals surface area (Å²) < 4.78 is 0.962. The van der Waals surface area contributed by atoms with Gasteiger partial charge in [-0.2, -0.15) is 0 Å². The van der Waals surface area contributed by atoms with Gasteiger partial charge in [0.2, 0.25) is 5.95 Å². The van der Waals surface area contributed by atoms with E-state index in [1.807, 2.05) is 29.3 Å². The first-order chi connectivity index (χ1) is 13.1. The zero-order valence-corrected chi connectivity index (χ0v) is 16.3. The fourth-order valence-corrected chi connectivity index (χ4v) is 4.04. The molecule has 0 spiro atoms. The Morgan fingerprint density at radius 1 is 1.19 bits per heavy atom. The van der Waals surface area contributed by atoms with Gasteiger partial charge in [0.1, 0.15) is 6.04 Å². The highest BCUT2D eigenvalue weighted by Crippen LogP contribution is 2.31. The number of benzene rings is 1. The van der Waals surface area contributed by atoms with E-state index in [1.54, 1.807) is 18.5 Å².